The van der Waals surface area contributed by atoms with E-state index >= 15 is 0 Å². The van der Waals surface area contributed by atoms with Crippen molar-refractivity contribution in [2.24, 2.45) is 0 Å². The van der Waals surface area contributed by atoms with Crippen LogP contribution in [0.1, 0.15) is 174 Å². The fraction of sp³-hybridized carbons (Fsp3) is 0.800. The maximum absolute atomic E-state index is 11.6. The van der Waals surface area contributed by atoms with Gasteiger partial charge in [0, 0.05) is 5.57 Å². The van der Waals surface area contributed by atoms with E-state index in [1.807, 2.05) is 13.0 Å². The van der Waals surface area contributed by atoms with Crippen molar-refractivity contribution in [3.05, 3.63) is 36.0 Å². The van der Waals surface area contributed by atoms with Gasteiger partial charge in [0.25, 0.3) is 0 Å². The summed E-state index contributed by atoms with van der Waals surface area (Å²) in [5.41, 5.74) is 0.897. The number of hydrogen-bond donors (Lipinski definition) is 0. The molecule has 0 amide bonds. The number of carbonyl (C=O) groups excluding carboxylic acids is 1. The predicted molar refractivity (Wildman–Crippen MR) is 163 cm³/mol. The molecule has 1 aliphatic heterocycles. The summed E-state index contributed by atoms with van der Waals surface area (Å²) in [5.74, 6) is -0.0924. The molecular formula is C35H62O2. The van der Waals surface area contributed by atoms with E-state index in [1.54, 1.807) is 0 Å². The summed E-state index contributed by atoms with van der Waals surface area (Å²) < 4.78 is 5.15. The van der Waals surface area contributed by atoms with E-state index in [0.29, 0.717) is 0 Å². The lowest BCUT2D eigenvalue weighted by atomic mass is 10.0. The minimum atomic E-state index is -0.0924. The normalized spacial score (nSPS) is 15.8. The lowest BCUT2D eigenvalue weighted by molar-refractivity contribution is -0.139. The van der Waals surface area contributed by atoms with Gasteiger partial charge in [-0.05, 0) is 64.4 Å². The molecule has 214 valence electrons. The second-order valence-electron chi connectivity index (χ2n) is 11.4. The van der Waals surface area contributed by atoms with Crippen LogP contribution in [-0.2, 0) is 9.53 Å². The highest BCUT2D eigenvalue weighted by molar-refractivity contribution is 5.90. The van der Waals surface area contributed by atoms with Gasteiger partial charge in [0.2, 0.25) is 0 Å². The third-order valence-corrected chi connectivity index (χ3v) is 7.62. The standard InChI is InChI=1S/C35H62O2/c1-3-4-5-6-7-8-9-10-11-12-13-14-15-16-17-18-19-20-21-22-23-24-25-26-27-28-29-30-31-34-32-33(2)37-35(34)36/h14-15,18-19,32-33H,3-13,16-17,20-31H2,1-2H3/b15-14-,19-18-. The Balaban J connectivity index is 1.72. The van der Waals surface area contributed by atoms with Gasteiger partial charge in [-0.25, -0.2) is 4.79 Å². The van der Waals surface area contributed by atoms with Crippen LogP contribution in [0.3, 0.4) is 0 Å². The summed E-state index contributed by atoms with van der Waals surface area (Å²) in [6.45, 7) is 4.22. The number of hydrogen-bond acceptors (Lipinski definition) is 2. The molecule has 1 rings (SSSR count). The van der Waals surface area contributed by atoms with Crippen molar-refractivity contribution in [1.82, 2.24) is 0 Å². The van der Waals surface area contributed by atoms with Crippen LogP contribution in [-0.4, -0.2) is 12.1 Å². The molecule has 2 nitrogen and oxygen atoms in total. The molecule has 37 heavy (non-hydrogen) atoms. The van der Waals surface area contributed by atoms with Gasteiger partial charge < -0.3 is 4.74 Å². The van der Waals surface area contributed by atoms with E-state index in [1.165, 1.54) is 148 Å². The van der Waals surface area contributed by atoms with Crippen molar-refractivity contribution < 1.29 is 9.53 Å². The van der Waals surface area contributed by atoms with Crippen LogP contribution in [0, 0.1) is 0 Å². The highest BCUT2D eigenvalue weighted by atomic mass is 16.5. The van der Waals surface area contributed by atoms with Crippen molar-refractivity contribution >= 4 is 5.97 Å². The summed E-state index contributed by atoms with van der Waals surface area (Å²) in [5, 5.41) is 0. The average Bonchev–Trinajstić information content (AvgIpc) is 3.22. The maximum Gasteiger partial charge on any atom is 0.334 e. The Hall–Kier alpha value is -1.31. The topological polar surface area (TPSA) is 26.3 Å². The Morgan fingerprint density at radius 3 is 1.35 bits per heavy atom. The van der Waals surface area contributed by atoms with Crippen molar-refractivity contribution in [2.75, 3.05) is 0 Å². The van der Waals surface area contributed by atoms with Gasteiger partial charge in [-0.3, -0.25) is 0 Å². The summed E-state index contributed by atoms with van der Waals surface area (Å²) >= 11 is 0. The zero-order chi connectivity index (χ0) is 26.7. The number of carbonyl (C=O) groups is 1. The summed E-state index contributed by atoms with van der Waals surface area (Å²) in [6.07, 6.45) is 44.9. The molecule has 0 saturated heterocycles. The van der Waals surface area contributed by atoms with Crippen molar-refractivity contribution in [2.45, 2.75) is 180 Å². The Kier molecular flexibility index (Phi) is 24.0. The van der Waals surface area contributed by atoms with E-state index < -0.39 is 0 Å². The molecule has 1 atom stereocenters. The molecule has 0 aromatic heterocycles. The Labute approximate surface area is 231 Å². The minimum absolute atomic E-state index is 0.0188. The number of esters is 1. The molecule has 0 aliphatic carbocycles. The monoisotopic (exact) mass is 514 g/mol. The van der Waals surface area contributed by atoms with E-state index in [0.717, 1.165) is 18.4 Å². The van der Waals surface area contributed by atoms with Gasteiger partial charge in [0.1, 0.15) is 6.10 Å². The smallest absolute Gasteiger partial charge is 0.334 e. The van der Waals surface area contributed by atoms with Crippen molar-refractivity contribution in [3.8, 4) is 0 Å². The van der Waals surface area contributed by atoms with Crippen LogP contribution in [0.2, 0.25) is 0 Å². The first-order valence-corrected chi connectivity index (χ1v) is 16.5. The van der Waals surface area contributed by atoms with E-state index in [9.17, 15) is 4.79 Å². The molecule has 1 aliphatic rings. The third kappa shape index (κ3) is 22.4. The number of ether oxygens (including phenoxy) is 1. The first-order valence-electron chi connectivity index (χ1n) is 16.5. The summed E-state index contributed by atoms with van der Waals surface area (Å²) in [4.78, 5) is 11.6. The summed E-state index contributed by atoms with van der Waals surface area (Å²) in [6, 6.07) is 0. The van der Waals surface area contributed by atoms with E-state index in [2.05, 4.69) is 31.2 Å². The first kappa shape index (κ1) is 33.7. The van der Waals surface area contributed by atoms with E-state index in [4.69, 9.17) is 4.74 Å². The van der Waals surface area contributed by atoms with Gasteiger partial charge in [-0.15, -0.1) is 0 Å². The lowest BCUT2D eigenvalue weighted by Gasteiger charge is -2.03. The molecule has 0 radical (unpaired) electrons. The average molecular weight is 515 g/mol. The molecule has 0 aromatic rings. The Bertz CT molecular complexity index is 600. The predicted octanol–water partition coefficient (Wildman–Crippen LogP) is 11.7. The quantitative estimate of drug-likeness (QED) is 0.0619. The molecule has 0 bridgehead atoms. The Morgan fingerprint density at radius 1 is 0.568 bits per heavy atom. The maximum atomic E-state index is 11.6. The summed E-state index contributed by atoms with van der Waals surface area (Å²) in [7, 11) is 0. The van der Waals surface area contributed by atoms with Crippen LogP contribution in [0.25, 0.3) is 0 Å². The van der Waals surface area contributed by atoms with Gasteiger partial charge in [0.15, 0.2) is 0 Å². The van der Waals surface area contributed by atoms with Gasteiger partial charge >= 0.3 is 5.97 Å². The fourth-order valence-corrected chi connectivity index (χ4v) is 5.22. The van der Waals surface area contributed by atoms with Crippen molar-refractivity contribution in [1.29, 1.82) is 0 Å². The number of allylic oxidation sites excluding steroid dienone is 4. The first-order chi connectivity index (χ1) is 18.2. The van der Waals surface area contributed by atoms with Crippen LogP contribution in [0.15, 0.2) is 36.0 Å². The zero-order valence-corrected chi connectivity index (χ0v) is 25.0. The van der Waals surface area contributed by atoms with Crippen LogP contribution in [0.5, 0.6) is 0 Å². The van der Waals surface area contributed by atoms with Gasteiger partial charge in [-0.1, -0.05) is 140 Å². The van der Waals surface area contributed by atoms with Crippen molar-refractivity contribution in [3.63, 3.8) is 0 Å². The highest BCUT2D eigenvalue weighted by Crippen LogP contribution is 2.20. The second kappa shape index (κ2) is 26.3. The highest BCUT2D eigenvalue weighted by Gasteiger charge is 2.21. The lowest BCUT2D eigenvalue weighted by Crippen LogP contribution is -2.03. The number of cyclic esters (lactones) is 1. The molecular weight excluding hydrogens is 452 g/mol. The molecule has 0 spiro atoms. The molecule has 0 N–H and O–H groups in total. The minimum Gasteiger partial charge on any atom is -0.455 e. The molecule has 1 unspecified atom stereocenters. The van der Waals surface area contributed by atoms with Gasteiger partial charge in [-0.2, -0.15) is 0 Å². The third-order valence-electron chi connectivity index (χ3n) is 7.62. The van der Waals surface area contributed by atoms with Crippen LogP contribution in [0.4, 0.5) is 0 Å². The Morgan fingerprint density at radius 2 is 0.946 bits per heavy atom. The molecule has 0 fully saturated rings. The zero-order valence-electron chi connectivity index (χ0n) is 25.0. The fourth-order valence-electron chi connectivity index (χ4n) is 5.22. The molecule has 0 saturated carbocycles. The largest absolute Gasteiger partial charge is 0.455 e. The van der Waals surface area contributed by atoms with Crippen LogP contribution >= 0.6 is 0 Å². The van der Waals surface area contributed by atoms with Gasteiger partial charge in [0.05, 0.1) is 0 Å². The molecule has 2 heteroatoms. The second-order valence-corrected chi connectivity index (χ2v) is 11.4. The SMILES string of the molecule is CCCCCCCCCCCC/C=C\CC/C=C\CCCCCCCCCCCCC1=CC(C)OC1=O. The number of rotatable bonds is 27. The number of unbranched alkanes of at least 4 members (excludes halogenated alkanes) is 21. The van der Waals surface area contributed by atoms with Crippen LogP contribution < -0.4 is 0 Å². The molecule has 0 aromatic carbocycles. The molecule has 1 heterocycles. The van der Waals surface area contributed by atoms with E-state index in [-0.39, 0.29) is 12.1 Å².